The second-order valence-electron chi connectivity index (χ2n) is 5.77. The predicted molar refractivity (Wildman–Crippen MR) is 97.6 cm³/mol. The van der Waals surface area contributed by atoms with Crippen LogP contribution in [-0.4, -0.2) is 59.3 Å². The maximum atomic E-state index is 9.01. The highest BCUT2D eigenvalue weighted by Gasteiger charge is 2.16. The van der Waals surface area contributed by atoms with Gasteiger partial charge < -0.3 is 15.3 Å². The molecule has 0 bridgehead atoms. The monoisotopic (exact) mass is 325 g/mol. The molecule has 3 rings (SSSR count). The molecule has 1 aromatic heterocycles. The Morgan fingerprint density at radius 1 is 1.08 bits per heavy atom. The number of β-amino-alcohol motifs (C(OH)–C–C–N with tert-alkyl or cyclic N) is 1. The van der Waals surface area contributed by atoms with Crippen LogP contribution in [0.5, 0.6) is 0 Å². The number of hydrogen-bond donors (Lipinski definition) is 2. The van der Waals surface area contributed by atoms with Crippen molar-refractivity contribution >= 4 is 23.4 Å². The first-order chi connectivity index (χ1) is 11.8. The van der Waals surface area contributed by atoms with E-state index < -0.39 is 0 Å². The number of aliphatic hydroxyl groups excluding tert-OH is 1. The number of aliphatic hydroxyl groups is 1. The van der Waals surface area contributed by atoms with Gasteiger partial charge in [0.2, 0.25) is 5.95 Å². The molecule has 126 valence electrons. The van der Waals surface area contributed by atoms with E-state index in [1.165, 1.54) is 5.69 Å². The van der Waals surface area contributed by atoms with Crippen LogP contribution < -0.4 is 10.2 Å². The van der Waals surface area contributed by atoms with Gasteiger partial charge in [-0.25, -0.2) is 9.97 Å². The van der Waals surface area contributed by atoms with Crippen LogP contribution in [0, 0.1) is 0 Å². The van der Waals surface area contributed by atoms with Gasteiger partial charge in [-0.2, -0.15) is 0 Å². The second-order valence-corrected chi connectivity index (χ2v) is 5.77. The number of anilines is 3. The van der Waals surface area contributed by atoms with Crippen LogP contribution >= 0.6 is 0 Å². The summed E-state index contributed by atoms with van der Waals surface area (Å²) in [5.41, 5.74) is 3.08. The number of piperazine rings is 1. The molecule has 2 aromatic rings. The van der Waals surface area contributed by atoms with Gasteiger partial charge in [0.1, 0.15) is 0 Å². The summed E-state index contributed by atoms with van der Waals surface area (Å²) < 4.78 is 0. The Bertz CT molecular complexity index is 648. The molecule has 1 aliphatic rings. The molecule has 0 saturated carbocycles. The summed E-state index contributed by atoms with van der Waals surface area (Å²) in [5.74, 6) is 0.575. The molecule has 0 atom stereocenters. The van der Waals surface area contributed by atoms with E-state index in [9.17, 15) is 0 Å². The molecule has 1 aliphatic heterocycles. The molecule has 6 nitrogen and oxygen atoms in total. The van der Waals surface area contributed by atoms with Gasteiger partial charge in [0, 0.05) is 62.1 Å². The molecular weight excluding hydrogens is 302 g/mol. The Hall–Kier alpha value is -2.44. The van der Waals surface area contributed by atoms with E-state index in [1.807, 2.05) is 12.1 Å². The fourth-order valence-corrected chi connectivity index (χ4v) is 2.76. The van der Waals surface area contributed by atoms with Crippen molar-refractivity contribution in [2.45, 2.75) is 0 Å². The van der Waals surface area contributed by atoms with E-state index in [0.29, 0.717) is 5.95 Å². The molecule has 0 spiro atoms. The quantitative estimate of drug-likeness (QED) is 0.847. The van der Waals surface area contributed by atoms with Crippen molar-refractivity contribution in [2.75, 3.05) is 49.5 Å². The summed E-state index contributed by atoms with van der Waals surface area (Å²) in [6.07, 6.45) is 5.20. The van der Waals surface area contributed by atoms with Gasteiger partial charge in [-0.05, 0) is 24.3 Å². The lowest BCUT2D eigenvalue weighted by Gasteiger charge is -2.35. The Morgan fingerprint density at radius 2 is 1.75 bits per heavy atom. The van der Waals surface area contributed by atoms with Crippen LogP contribution in [0.3, 0.4) is 0 Å². The first kappa shape index (κ1) is 16.4. The molecule has 0 unspecified atom stereocenters. The zero-order chi connectivity index (χ0) is 16.8. The Morgan fingerprint density at radius 3 is 2.33 bits per heavy atom. The topological polar surface area (TPSA) is 64.5 Å². The van der Waals surface area contributed by atoms with Gasteiger partial charge >= 0.3 is 0 Å². The third-order valence-electron chi connectivity index (χ3n) is 4.18. The number of aromatic nitrogens is 2. The summed E-state index contributed by atoms with van der Waals surface area (Å²) in [7, 11) is 0. The summed E-state index contributed by atoms with van der Waals surface area (Å²) in [4.78, 5) is 13.2. The minimum absolute atomic E-state index is 0.232. The van der Waals surface area contributed by atoms with Gasteiger partial charge in [-0.3, -0.25) is 4.90 Å². The minimum atomic E-state index is 0.232. The van der Waals surface area contributed by atoms with E-state index in [4.69, 9.17) is 5.11 Å². The molecule has 6 heteroatoms. The smallest absolute Gasteiger partial charge is 0.227 e. The minimum Gasteiger partial charge on any atom is -0.395 e. The Kier molecular flexibility index (Phi) is 5.40. The average Bonchev–Trinajstić information content (AvgIpc) is 2.64. The summed E-state index contributed by atoms with van der Waals surface area (Å²) >= 11 is 0. The molecule has 1 aromatic carbocycles. The largest absolute Gasteiger partial charge is 0.395 e. The van der Waals surface area contributed by atoms with Crippen LogP contribution in [0.4, 0.5) is 17.3 Å². The number of nitrogens with one attached hydrogen (secondary N) is 1. The predicted octanol–water partition coefficient (Wildman–Crippen LogP) is 1.98. The number of hydrogen-bond acceptors (Lipinski definition) is 6. The van der Waals surface area contributed by atoms with E-state index >= 15 is 0 Å². The fraction of sp³-hybridized carbons (Fsp3) is 0.333. The zero-order valence-corrected chi connectivity index (χ0v) is 13.7. The molecule has 1 saturated heterocycles. The first-order valence-electron chi connectivity index (χ1n) is 8.18. The van der Waals surface area contributed by atoms with Crippen molar-refractivity contribution in [2.24, 2.45) is 0 Å². The highest BCUT2D eigenvalue weighted by Crippen LogP contribution is 2.21. The van der Waals surface area contributed by atoms with Crippen molar-refractivity contribution < 1.29 is 5.11 Å². The average molecular weight is 325 g/mol. The molecule has 1 fully saturated rings. The normalized spacial score (nSPS) is 15.3. The van der Waals surface area contributed by atoms with Crippen molar-refractivity contribution in [3.05, 3.63) is 48.8 Å². The molecule has 0 radical (unpaired) electrons. The van der Waals surface area contributed by atoms with Crippen LogP contribution in [0.2, 0.25) is 0 Å². The molecule has 0 aliphatic carbocycles. The molecule has 0 amide bonds. The maximum absolute atomic E-state index is 9.01. The molecule has 2 N–H and O–H groups in total. The van der Waals surface area contributed by atoms with E-state index in [2.05, 4.69) is 43.8 Å². The van der Waals surface area contributed by atoms with Crippen molar-refractivity contribution in [3.63, 3.8) is 0 Å². The highest BCUT2D eigenvalue weighted by molar-refractivity contribution is 5.59. The standard InChI is InChI=1S/C18H23N5O/c1-2-15-13-19-18(20-14-15)21-16-3-5-17(6-4-16)23-9-7-22(8-10-23)11-12-24/h2-6,13-14,24H,1,7-12H2,(H,19,20,21). The lowest BCUT2D eigenvalue weighted by molar-refractivity contribution is 0.189. The van der Waals surface area contributed by atoms with Gasteiger partial charge in [-0.1, -0.05) is 12.7 Å². The number of benzene rings is 1. The summed E-state index contributed by atoms with van der Waals surface area (Å²) in [6, 6.07) is 8.31. The lowest BCUT2D eigenvalue weighted by Crippen LogP contribution is -2.47. The highest BCUT2D eigenvalue weighted by atomic mass is 16.3. The first-order valence-corrected chi connectivity index (χ1v) is 8.18. The van der Waals surface area contributed by atoms with E-state index in [1.54, 1.807) is 18.5 Å². The van der Waals surface area contributed by atoms with Gasteiger partial charge in [0.05, 0.1) is 6.61 Å². The molecule has 2 heterocycles. The summed E-state index contributed by atoms with van der Waals surface area (Å²) in [6.45, 7) is 8.64. The van der Waals surface area contributed by atoms with E-state index in [0.717, 1.165) is 44.0 Å². The van der Waals surface area contributed by atoms with Crippen LogP contribution in [0.1, 0.15) is 5.56 Å². The van der Waals surface area contributed by atoms with Crippen LogP contribution in [0.15, 0.2) is 43.2 Å². The fourth-order valence-electron chi connectivity index (χ4n) is 2.76. The zero-order valence-electron chi connectivity index (χ0n) is 13.7. The van der Waals surface area contributed by atoms with Crippen LogP contribution in [-0.2, 0) is 0 Å². The second kappa shape index (κ2) is 7.90. The molecule has 24 heavy (non-hydrogen) atoms. The third-order valence-corrected chi connectivity index (χ3v) is 4.18. The number of nitrogens with zero attached hydrogens (tertiary/aromatic N) is 4. The van der Waals surface area contributed by atoms with Gasteiger partial charge in [0.15, 0.2) is 0 Å². The Balaban J connectivity index is 1.58. The third kappa shape index (κ3) is 4.10. The van der Waals surface area contributed by atoms with Crippen molar-refractivity contribution in [3.8, 4) is 0 Å². The number of rotatable bonds is 6. The van der Waals surface area contributed by atoms with Crippen LogP contribution in [0.25, 0.3) is 6.08 Å². The van der Waals surface area contributed by atoms with E-state index in [-0.39, 0.29) is 6.61 Å². The maximum Gasteiger partial charge on any atom is 0.227 e. The Labute approximate surface area is 142 Å². The van der Waals surface area contributed by atoms with Gasteiger partial charge in [0.25, 0.3) is 0 Å². The van der Waals surface area contributed by atoms with Crippen molar-refractivity contribution in [1.29, 1.82) is 0 Å². The SMILES string of the molecule is C=Cc1cnc(Nc2ccc(N3CCN(CCO)CC3)cc2)nc1. The molecular formula is C18H23N5O. The van der Waals surface area contributed by atoms with Crippen molar-refractivity contribution in [1.82, 2.24) is 14.9 Å². The lowest BCUT2D eigenvalue weighted by atomic mass is 10.2. The van der Waals surface area contributed by atoms with Gasteiger partial charge in [-0.15, -0.1) is 0 Å². The summed E-state index contributed by atoms with van der Waals surface area (Å²) in [5, 5.41) is 12.2.